The Morgan fingerprint density at radius 2 is 2.33 bits per heavy atom. The summed E-state index contributed by atoms with van der Waals surface area (Å²) in [5, 5.41) is 32.4. The first kappa shape index (κ1) is 15.2. The lowest BCUT2D eigenvalue weighted by molar-refractivity contribution is -0.125. The third kappa shape index (κ3) is 2.33. The number of ether oxygens (including phenoxy) is 1. The average Bonchev–Trinajstić information content (AvgIpc) is 2.69. The fourth-order valence-corrected chi connectivity index (χ4v) is 2.07. The van der Waals surface area contributed by atoms with Crippen LogP contribution in [0.15, 0.2) is 16.1 Å². The summed E-state index contributed by atoms with van der Waals surface area (Å²) in [4.78, 5) is 17.8. The van der Waals surface area contributed by atoms with Gasteiger partial charge >= 0.3 is 5.69 Å². The number of aliphatic hydroxyl groups excluding tert-OH is 3. The van der Waals surface area contributed by atoms with Crippen LogP contribution in [0.4, 0.5) is 5.82 Å². The van der Waals surface area contributed by atoms with Gasteiger partial charge in [-0.15, -0.1) is 0 Å². The fraction of sp³-hybridized carbons (Fsp3) is 0.600. The van der Waals surface area contributed by atoms with E-state index in [0.717, 1.165) is 4.57 Å². The van der Waals surface area contributed by atoms with Crippen molar-refractivity contribution in [1.82, 2.24) is 9.55 Å². The molecule has 1 aromatic rings. The van der Waals surface area contributed by atoms with Gasteiger partial charge in [0.25, 0.3) is 0 Å². The number of nitrogen functional groups attached to an aromatic ring is 1. The molecular weight excluding hydrogens is 284 g/mol. The minimum Gasteiger partial charge on any atom is -0.393 e. The quantitative estimate of drug-likeness (QED) is 0.294. The van der Waals surface area contributed by atoms with E-state index in [2.05, 4.69) is 15.0 Å². The number of nitrogens with two attached hydrogens (primary N) is 1. The Bertz CT molecular complexity index is 656. The Morgan fingerprint density at radius 1 is 1.67 bits per heavy atom. The van der Waals surface area contributed by atoms with Crippen LogP contribution < -0.4 is 11.4 Å². The SMILES string of the molecule is Cc1cn([C@@H]2O[C@@](CO)(N=[N+]=[N-])C(O)C2O)c(=O)nc1N. The molecule has 0 bridgehead atoms. The lowest BCUT2D eigenvalue weighted by Gasteiger charge is -2.23. The highest BCUT2D eigenvalue weighted by Crippen LogP contribution is 2.37. The molecule has 11 nitrogen and oxygen atoms in total. The van der Waals surface area contributed by atoms with E-state index < -0.39 is 36.5 Å². The second-order valence-corrected chi connectivity index (χ2v) is 4.64. The largest absolute Gasteiger partial charge is 0.393 e. The minimum atomic E-state index is -2.08. The highest BCUT2D eigenvalue weighted by molar-refractivity contribution is 5.35. The zero-order valence-electron chi connectivity index (χ0n) is 11.0. The topological polar surface area (TPSA) is 180 Å². The van der Waals surface area contributed by atoms with Gasteiger partial charge in [0.05, 0.1) is 6.61 Å². The number of rotatable bonds is 3. The second kappa shape index (κ2) is 5.31. The molecule has 21 heavy (non-hydrogen) atoms. The maximum absolute atomic E-state index is 11.8. The van der Waals surface area contributed by atoms with Crippen molar-refractivity contribution in [3.63, 3.8) is 0 Å². The van der Waals surface area contributed by atoms with Crippen LogP contribution in [0, 0.1) is 6.92 Å². The van der Waals surface area contributed by atoms with Gasteiger partial charge in [-0.1, -0.05) is 5.11 Å². The van der Waals surface area contributed by atoms with E-state index >= 15 is 0 Å². The molecule has 2 rings (SSSR count). The van der Waals surface area contributed by atoms with Crippen LogP contribution in [0.5, 0.6) is 0 Å². The zero-order valence-corrected chi connectivity index (χ0v) is 11.0. The first-order chi connectivity index (χ1) is 9.86. The van der Waals surface area contributed by atoms with Gasteiger partial charge in [0, 0.05) is 16.7 Å². The Morgan fingerprint density at radius 3 is 2.90 bits per heavy atom. The summed E-state index contributed by atoms with van der Waals surface area (Å²) < 4.78 is 6.14. The molecule has 5 N–H and O–H groups in total. The first-order valence-electron chi connectivity index (χ1n) is 5.92. The van der Waals surface area contributed by atoms with E-state index in [1.807, 2.05) is 0 Å². The molecule has 1 saturated heterocycles. The number of hydrogen-bond acceptors (Lipinski definition) is 8. The fourth-order valence-electron chi connectivity index (χ4n) is 2.07. The molecule has 114 valence electrons. The van der Waals surface area contributed by atoms with Crippen molar-refractivity contribution >= 4 is 5.82 Å². The lowest BCUT2D eigenvalue weighted by Crippen LogP contribution is -2.44. The normalized spacial score (nSPS) is 31.9. The van der Waals surface area contributed by atoms with Crippen molar-refractivity contribution in [1.29, 1.82) is 0 Å². The number of hydrogen-bond donors (Lipinski definition) is 4. The summed E-state index contributed by atoms with van der Waals surface area (Å²) in [6.07, 6.45) is -3.41. The zero-order chi connectivity index (χ0) is 15.8. The molecule has 0 aromatic carbocycles. The number of azide groups is 1. The number of aromatic nitrogens is 2. The third-order valence-electron chi connectivity index (χ3n) is 3.29. The molecule has 4 atom stereocenters. The van der Waals surface area contributed by atoms with E-state index in [-0.39, 0.29) is 5.82 Å². The predicted molar refractivity (Wildman–Crippen MR) is 68.7 cm³/mol. The molecule has 2 heterocycles. The van der Waals surface area contributed by atoms with Crippen LogP contribution in [0.1, 0.15) is 11.8 Å². The summed E-state index contributed by atoms with van der Waals surface area (Å²) in [5.41, 5.74) is 11.5. The van der Waals surface area contributed by atoms with Gasteiger partial charge < -0.3 is 25.8 Å². The molecule has 0 amide bonds. The van der Waals surface area contributed by atoms with E-state index in [1.54, 1.807) is 6.92 Å². The number of anilines is 1. The third-order valence-corrected chi connectivity index (χ3v) is 3.29. The van der Waals surface area contributed by atoms with Gasteiger partial charge in [0.15, 0.2) is 6.23 Å². The molecule has 1 aliphatic heterocycles. The van der Waals surface area contributed by atoms with Crippen molar-refractivity contribution in [3.05, 3.63) is 32.7 Å². The Hall–Kier alpha value is -2.17. The van der Waals surface area contributed by atoms with Crippen molar-refractivity contribution in [3.8, 4) is 0 Å². The predicted octanol–water partition coefficient (Wildman–Crippen LogP) is -1.62. The summed E-state index contributed by atoms with van der Waals surface area (Å²) in [7, 11) is 0. The smallest absolute Gasteiger partial charge is 0.351 e. The minimum absolute atomic E-state index is 0.0211. The van der Waals surface area contributed by atoms with Crippen LogP contribution in [0.25, 0.3) is 10.4 Å². The molecule has 1 fully saturated rings. The molecule has 1 aliphatic rings. The van der Waals surface area contributed by atoms with Gasteiger partial charge in [-0.3, -0.25) is 4.57 Å². The highest BCUT2D eigenvalue weighted by atomic mass is 16.6. The Balaban J connectivity index is 2.50. The molecule has 0 radical (unpaired) electrons. The summed E-state index contributed by atoms with van der Waals surface area (Å²) in [5.74, 6) is 0.0211. The molecule has 2 unspecified atom stereocenters. The Kier molecular flexibility index (Phi) is 3.85. The number of aliphatic hydroxyl groups is 3. The van der Waals surface area contributed by atoms with Gasteiger partial charge in [0.1, 0.15) is 18.0 Å². The molecule has 1 aromatic heterocycles. The van der Waals surface area contributed by atoms with Crippen molar-refractivity contribution < 1.29 is 20.1 Å². The summed E-state index contributed by atoms with van der Waals surface area (Å²) >= 11 is 0. The summed E-state index contributed by atoms with van der Waals surface area (Å²) in [6.45, 7) is 0.713. The number of nitrogens with zero attached hydrogens (tertiary/aromatic N) is 5. The van der Waals surface area contributed by atoms with E-state index in [4.69, 9.17) is 16.0 Å². The first-order valence-corrected chi connectivity index (χ1v) is 5.92. The van der Waals surface area contributed by atoms with E-state index in [1.165, 1.54) is 6.20 Å². The Labute approximate surface area is 117 Å². The van der Waals surface area contributed by atoms with E-state index in [9.17, 15) is 20.1 Å². The lowest BCUT2D eigenvalue weighted by atomic mass is 10.1. The maximum Gasteiger partial charge on any atom is 0.351 e. The molecule has 0 saturated carbocycles. The van der Waals surface area contributed by atoms with Crippen LogP contribution in [-0.2, 0) is 4.74 Å². The molecule has 0 spiro atoms. The van der Waals surface area contributed by atoms with Gasteiger partial charge in [-0.2, -0.15) is 4.98 Å². The number of aryl methyl sites for hydroxylation is 1. The van der Waals surface area contributed by atoms with Crippen LogP contribution >= 0.6 is 0 Å². The van der Waals surface area contributed by atoms with Crippen molar-refractivity contribution in [2.24, 2.45) is 5.11 Å². The van der Waals surface area contributed by atoms with Gasteiger partial charge in [-0.05, 0) is 12.5 Å². The average molecular weight is 298 g/mol. The van der Waals surface area contributed by atoms with Crippen molar-refractivity contribution in [2.45, 2.75) is 31.1 Å². The monoisotopic (exact) mass is 298 g/mol. The standard InChI is InChI=1S/C10H14N6O5/c1-4-2-16(9(20)13-7(4)11)8-5(18)6(19)10(3-17,21-8)14-15-12/h2,5-6,8,17-19H,3H2,1H3,(H2,11,13,20)/t5?,6?,8-,10-/m1/s1. The summed E-state index contributed by atoms with van der Waals surface area (Å²) in [6, 6.07) is 0. The van der Waals surface area contributed by atoms with Crippen LogP contribution in [0.3, 0.4) is 0 Å². The van der Waals surface area contributed by atoms with Crippen LogP contribution in [0.2, 0.25) is 0 Å². The molecule has 11 heteroatoms. The van der Waals surface area contributed by atoms with Crippen LogP contribution in [-0.4, -0.2) is 49.4 Å². The maximum atomic E-state index is 11.8. The van der Waals surface area contributed by atoms with Gasteiger partial charge in [-0.25, -0.2) is 4.79 Å². The van der Waals surface area contributed by atoms with E-state index in [0.29, 0.717) is 5.56 Å². The molecule has 0 aliphatic carbocycles. The highest BCUT2D eigenvalue weighted by Gasteiger charge is 2.54. The second-order valence-electron chi connectivity index (χ2n) is 4.64. The van der Waals surface area contributed by atoms with Crippen molar-refractivity contribution in [2.75, 3.05) is 12.3 Å². The molecular formula is C10H14N6O5. The van der Waals surface area contributed by atoms with Gasteiger partial charge in [0.2, 0.25) is 5.72 Å².